The van der Waals surface area contributed by atoms with Gasteiger partial charge in [-0.25, -0.2) is 0 Å². The Kier molecular flexibility index (Phi) is 3.82. The maximum absolute atomic E-state index is 12.0. The highest BCUT2D eigenvalue weighted by Gasteiger charge is 2.23. The molecule has 0 aliphatic heterocycles. The second kappa shape index (κ2) is 6.13. The molecule has 1 fully saturated rings. The van der Waals surface area contributed by atoms with Crippen LogP contribution < -0.4 is 5.32 Å². The van der Waals surface area contributed by atoms with Crippen LogP contribution in [0.1, 0.15) is 23.2 Å². The Hall–Kier alpha value is -2.59. The third-order valence-corrected chi connectivity index (χ3v) is 4.34. The van der Waals surface area contributed by atoms with Gasteiger partial charge >= 0.3 is 0 Å². The molecule has 1 saturated carbocycles. The van der Waals surface area contributed by atoms with Crippen LogP contribution in [0.4, 0.5) is 0 Å². The lowest BCUT2D eigenvalue weighted by Crippen LogP contribution is -2.25. The minimum Gasteiger partial charge on any atom is -0.349 e. The second-order valence-electron chi connectivity index (χ2n) is 6.00. The predicted octanol–water partition coefficient (Wildman–Crippen LogP) is 4.29. The smallest absolute Gasteiger partial charge is 0.251 e. The molecule has 1 aliphatic rings. The van der Waals surface area contributed by atoms with E-state index in [1.807, 2.05) is 54.6 Å². The number of hydrogen-bond donors (Lipinski definition) is 2. The first kappa shape index (κ1) is 15.0. The summed E-state index contributed by atoms with van der Waals surface area (Å²) in [6.45, 7) is 0. The predicted molar refractivity (Wildman–Crippen MR) is 95.0 cm³/mol. The van der Waals surface area contributed by atoms with Gasteiger partial charge in [-0.2, -0.15) is 5.10 Å². The van der Waals surface area contributed by atoms with Crippen molar-refractivity contribution in [3.05, 3.63) is 65.2 Å². The minimum atomic E-state index is -0.00655. The van der Waals surface area contributed by atoms with Gasteiger partial charge in [0.05, 0.1) is 11.4 Å². The van der Waals surface area contributed by atoms with Gasteiger partial charge in [-0.15, -0.1) is 0 Å². The van der Waals surface area contributed by atoms with E-state index in [9.17, 15) is 4.79 Å². The molecule has 120 valence electrons. The topological polar surface area (TPSA) is 57.8 Å². The van der Waals surface area contributed by atoms with E-state index < -0.39 is 0 Å². The number of hydrogen-bond acceptors (Lipinski definition) is 2. The van der Waals surface area contributed by atoms with E-state index in [1.165, 1.54) is 0 Å². The first-order chi connectivity index (χ1) is 11.7. The molecule has 1 aromatic heterocycles. The number of rotatable bonds is 4. The third-order valence-electron chi connectivity index (χ3n) is 4.09. The number of amides is 1. The van der Waals surface area contributed by atoms with Gasteiger partial charge in [0.15, 0.2) is 0 Å². The number of nitrogens with one attached hydrogen (secondary N) is 2. The molecule has 0 bridgehead atoms. The highest BCUT2D eigenvalue weighted by molar-refractivity contribution is 6.30. The van der Waals surface area contributed by atoms with Crippen molar-refractivity contribution >= 4 is 17.5 Å². The van der Waals surface area contributed by atoms with Crippen molar-refractivity contribution in [2.45, 2.75) is 18.9 Å². The molecule has 2 aromatic carbocycles. The average molecular weight is 338 g/mol. The Balaban J connectivity index is 1.53. The Morgan fingerprint density at radius 3 is 2.38 bits per heavy atom. The van der Waals surface area contributed by atoms with E-state index in [4.69, 9.17) is 11.6 Å². The number of carbonyl (C=O) groups excluding carboxylic acids is 1. The van der Waals surface area contributed by atoms with E-state index in [-0.39, 0.29) is 5.91 Å². The Labute approximate surface area is 144 Å². The summed E-state index contributed by atoms with van der Waals surface area (Å²) < 4.78 is 0. The monoisotopic (exact) mass is 337 g/mol. The number of halogens is 1. The fourth-order valence-electron chi connectivity index (χ4n) is 2.54. The molecule has 0 unspecified atom stereocenters. The molecule has 1 amide bonds. The summed E-state index contributed by atoms with van der Waals surface area (Å²) in [5, 5.41) is 11.1. The molecular weight excluding hydrogens is 322 g/mol. The highest BCUT2D eigenvalue weighted by atomic mass is 35.5. The second-order valence-corrected chi connectivity index (χ2v) is 6.44. The van der Waals surface area contributed by atoms with Crippen LogP contribution in [-0.2, 0) is 0 Å². The van der Waals surface area contributed by atoms with E-state index in [0.29, 0.717) is 16.6 Å². The fraction of sp³-hybridized carbons (Fsp3) is 0.158. The van der Waals surface area contributed by atoms with Crippen LogP contribution in [0.3, 0.4) is 0 Å². The van der Waals surface area contributed by atoms with Gasteiger partial charge in [0, 0.05) is 22.2 Å². The van der Waals surface area contributed by atoms with Crippen molar-refractivity contribution < 1.29 is 4.79 Å². The zero-order valence-corrected chi connectivity index (χ0v) is 13.7. The molecule has 5 heteroatoms. The maximum Gasteiger partial charge on any atom is 0.251 e. The summed E-state index contributed by atoms with van der Waals surface area (Å²) in [7, 11) is 0. The van der Waals surface area contributed by atoms with Crippen molar-refractivity contribution in [3.8, 4) is 22.5 Å². The number of benzene rings is 2. The third kappa shape index (κ3) is 3.19. The number of carbonyl (C=O) groups is 1. The summed E-state index contributed by atoms with van der Waals surface area (Å²) in [4.78, 5) is 12.0. The Morgan fingerprint density at radius 2 is 1.71 bits per heavy atom. The molecule has 1 heterocycles. The molecule has 4 nitrogen and oxygen atoms in total. The SMILES string of the molecule is O=C(NC1CC1)c1ccc(-c2cc(-c3ccc(Cl)cc3)[nH]n2)cc1. The summed E-state index contributed by atoms with van der Waals surface area (Å²) in [5.41, 5.74) is 4.44. The molecule has 24 heavy (non-hydrogen) atoms. The fourth-order valence-corrected chi connectivity index (χ4v) is 2.66. The molecule has 3 aromatic rings. The van der Waals surface area contributed by atoms with Gasteiger partial charge in [0.1, 0.15) is 0 Å². The van der Waals surface area contributed by atoms with Gasteiger partial charge in [0.25, 0.3) is 5.91 Å². The number of aromatic amines is 1. The quantitative estimate of drug-likeness (QED) is 0.746. The summed E-state index contributed by atoms with van der Waals surface area (Å²) >= 11 is 5.92. The number of H-pyrrole nitrogens is 1. The van der Waals surface area contributed by atoms with Crippen LogP contribution in [0.5, 0.6) is 0 Å². The van der Waals surface area contributed by atoms with Gasteiger partial charge in [-0.3, -0.25) is 9.89 Å². The summed E-state index contributed by atoms with van der Waals surface area (Å²) in [6.07, 6.45) is 2.18. The van der Waals surface area contributed by atoms with E-state index in [1.54, 1.807) is 0 Å². The van der Waals surface area contributed by atoms with E-state index in [0.717, 1.165) is 35.4 Å². The Bertz CT molecular complexity index is 864. The molecule has 0 spiro atoms. The molecule has 0 saturated heterocycles. The van der Waals surface area contributed by atoms with Crippen molar-refractivity contribution in [2.75, 3.05) is 0 Å². The number of nitrogens with zero attached hydrogens (tertiary/aromatic N) is 1. The van der Waals surface area contributed by atoms with Crippen molar-refractivity contribution in [1.29, 1.82) is 0 Å². The van der Waals surface area contributed by atoms with Gasteiger partial charge in [0.2, 0.25) is 0 Å². The van der Waals surface area contributed by atoms with Crippen molar-refractivity contribution in [1.82, 2.24) is 15.5 Å². The summed E-state index contributed by atoms with van der Waals surface area (Å²) in [5.74, 6) is -0.00655. The first-order valence-electron chi connectivity index (χ1n) is 7.92. The lowest BCUT2D eigenvalue weighted by atomic mass is 10.1. The van der Waals surface area contributed by atoms with E-state index in [2.05, 4.69) is 15.5 Å². The van der Waals surface area contributed by atoms with E-state index >= 15 is 0 Å². The largest absolute Gasteiger partial charge is 0.349 e. The molecule has 0 radical (unpaired) electrons. The molecule has 0 atom stereocenters. The lowest BCUT2D eigenvalue weighted by Gasteiger charge is -2.03. The molecular formula is C19H16ClN3O. The van der Waals surface area contributed by atoms with Crippen LogP contribution in [-0.4, -0.2) is 22.1 Å². The zero-order chi connectivity index (χ0) is 16.5. The van der Waals surface area contributed by atoms with Crippen LogP contribution in [0.15, 0.2) is 54.6 Å². The first-order valence-corrected chi connectivity index (χ1v) is 8.29. The van der Waals surface area contributed by atoms with Gasteiger partial charge in [-0.1, -0.05) is 35.9 Å². The van der Waals surface area contributed by atoms with Crippen LogP contribution >= 0.6 is 11.6 Å². The molecule has 2 N–H and O–H groups in total. The normalized spacial score (nSPS) is 13.7. The van der Waals surface area contributed by atoms with Crippen molar-refractivity contribution in [2.24, 2.45) is 0 Å². The zero-order valence-electron chi connectivity index (χ0n) is 12.9. The standard InChI is InChI=1S/C19H16ClN3O/c20-15-7-5-13(6-8-15)18-11-17(22-23-18)12-1-3-14(4-2-12)19(24)21-16-9-10-16/h1-8,11,16H,9-10H2,(H,21,24)(H,22,23). The average Bonchev–Trinajstić information content (AvgIpc) is 3.28. The summed E-state index contributed by atoms with van der Waals surface area (Å²) in [6, 6.07) is 17.5. The highest BCUT2D eigenvalue weighted by Crippen LogP contribution is 2.25. The molecule has 4 rings (SSSR count). The minimum absolute atomic E-state index is 0.00655. The molecule has 1 aliphatic carbocycles. The Morgan fingerprint density at radius 1 is 1.04 bits per heavy atom. The van der Waals surface area contributed by atoms with Crippen LogP contribution in [0.2, 0.25) is 5.02 Å². The van der Waals surface area contributed by atoms with Gasteiger partial charge < -0.3 is 5.32 Å². The van der Waals surface area contributed by atoms with Crippen LogP contribution in [0.25, 0.3) is 22.5 Å². The maximum atomic E-state index is 12.0. The van der Waals surface area contributed by atoms with Crippen LogP contribution in [0, 0.1) is 0 Å². The number of aromatic nitrogens is 2. The lowest BCUT2D eigenvalue weighted by molar-refractivity contribution is 0.0951. The van der Waals surface area contributed by atoms with Crippen molar-refractivity contribution in [3.63, 3.8) is 0 Å². The van der Waals surface area contributed by atoms with Gasteiger partial charge in [-0.05, 0) is 48.7 Å².